The van der Waals surface area contributed by atoms with Crippen LogP contribution in [0.4, 0.5) is 5.69 Å². The molecule has 0 unspecified atom stereocenters. The number of halogens is 2. The van der Waals surface area contributed by atoms with Crippen LogP contribution in [0.15, 0.2) is 65.6 Å². The van der Waals surface area contributed by atoms with E-state index in [0.29, 0.717) is 24.5 Å². The number of carbonyl (C=O) groups is 1. The number of hydrogen-bond donors (Lipinski definition) is 2. The number of benzene rings is 3. The van der Waals surface area contributed by atoms with E-state index in [4.69, 9.17) is 32.7 Å². The molecule has 0 atom stereocenters. The molecule has 10 heteroatoms. The normalized spacial score (nSPS) is 11.0. The summed E-state index contributed by atoms with van der Waals surface area (Å²) in [5.41, 5.74) is 1.24. The van der Waals surface area contributed by atoms with E-state index in [2.05, 4.69) is 10.0 Å². The molecule has 0 aliphatic heterocycles. The lowest BCUT2D eigenvalue weighted by molar-refractivity contribution is 0.0955. The zero-order valence-electron chi connectivity index (χ0n) is 17.9. The van der Waals surface area contributed by atoms with Crippen LogP contribution >= 0.6 is 23.2 Å². The summed E-state index contributed by atoms with van der Waals surface area (Å²) in [4.78, 5) is 12.6. The van der Waals surface area contributed by atoms with Crippen molar-refractivity contribution in [1.29, 1.82) is 0 Å². The fourth-order valence-electron chi connectivity index (χ4n) is 3.10. The molecular formula is C23H22Cl2N2O5S. The first-order valence-corrected chi connectivity index (χ1v) is 12.0. The number of rotatable bonds is 9. The predicted octanol–water partition coefficient (Wildman–Crippen LogP) is 4.78. The summed E-state index contributed by atoms with van der Waals surface area (Å²) < 4.78 is 38.6. The molecule has 0 aliphatic carbocycles. The van der Waals surface area contributed by atoms with Crippen molar-refractivity contribution in [2.24, 2.45) is 0 Å². The van der Waals surface area contributed by atoms with Crippen LogP contribution in [0.5, 0.6) is 11.5 Å². The highest BCUT2D eigenvalue weighted by Crippen LogP contribution is 2.29. The summed E-state index contributed by atoms with van der Waals surface area (Å²) in [6, 6.07) is 15.9. The average molecular weight is 509 g/mol. The van der Waals surface area contributed by atoms with Gasteiger partial charge < -0.3 is 14.8 Å². The molecule has 0 bridgehead atoms. The molecule has 0 aliphatic rings. The van der Waals surface area contributed by atoms with Gasteiger partial charge >= 0.3 is 0 Å². The quantitative estimate of drug-likeness (QED) is 0.433. The summed E-state index contributed by atoms with van der Waals surface area (Å²) in [6.45, 7) is 0.329. The molecule has 2 N–H and O–H groups in total. The lowest BCUT2D eigenvalue weighted by Gasteiger charge is -2.14. The summed E-state index contributed by atoms with van der Waals surface area (Å²) in [7, 11) is -0.960. The Morgan fingerprint density at radius 3 is 2.39 bits per heavy atom. The van der Waals surface area contributed by atoms with Crippen LogP contribution in [-0.2, 0) is 16.4 Å². The Bertz CT molecular complexity index is 1270. The molecule has 174 valence electrons. The fourth-order valence-corrected chi connectivity index (χ4v) is 4.95. The Balaban J connectivity index is 1.72. The second-order valence-electron chi connectivity index (χ2n) is 6.92. The standard InChI is InChI=1S/C23H22Cl2N2O5S/c1-31-20-10-7-15(13-21(20)32-2)11-12-26-23(28)17-5-3-4-6-19(17)27-33(29,30)22-14-16(24)8-9-18(22)25/h3-10,13-14,27H,11-12H2,1-2H3,(H,26,28). The Hall–Kier alpha value is -2.94. The SMILES string of the molecule is COc1ccc(CCNC(=O)c2ccccc2NS(=O)(=O)c2cc(Cl)ccc2Cl)cc1OC. The van der Waals surface area contributed by atoms with E-state index in [9.17, 15) is 13.2 Å². The fraction of sp³-hybridized carbons (Fsp3) is 0.174. The number of sulfonamides is 1. The molecular weight excluding hydrogens is 487 g/mol. The summed E-state index contributed by atoms with van der Waals surface area (Å²) in [5.74, 6) is 0.790. The minimum atomic E-state index is -4.07. The minimum absolute atomic E-state index is 0.0174. The number of methoxy groups -OCH3 is 2. The average Bonchev–Trinajstić information content (AvgIpc) is 2.80. The van der Waals surface area contributed by atoms with Crippen LogP contribution in [0.2, 0.25) is 10.0 Å². The topological polar surface area (TPSA) is 93.7 Å². The van der Waals surface area contributed by atoms with Crippen molar-refractivity contribution >= 4 is 44.8 Å². The molecule has 1 amide bonds. The molecule has 7 nitrogen and oxygen atoms in total. The van der Waals surface area contributed by atoms with Gasteiger partial charge in [-0.1, -0.05) is 41.4 Å². The van der Waals surface area contributed by atoms with Crippen molar-refractivity contribution in [1.82, 2.24) is 5.32 Å². The minimum Gasteiger partial charge on any atom is -0.493 e. The Labute approximate surface area is 202 Å². The van der Waals surface area contributed by atoms with Gasteiger partial charge in [-0.25, -0.2) is 8.42 Å². The van der Waals surface area contributed by atoms with Gasteiger partial charge in [0.05, 0.1) is 30.5 Å². The number of para-hydroxylation sites is 1. The first kappa shape index (κ1) is 24.7. The van der Waals surface area contributed by atoms with Gasteiger partial charge in [0.1, 0.15) is 4.90 Å². The third-order valence-corrected chi connectivity index (χ3v) is 6.83. The lowest BCUT2D eigenvalue weighted by Crippen LogP contribution is -2.27. The van der Waals surface area contributed by atoms with Gasteiger partial charge in [0, 0.05) is 11.6 Å². The third-order valence-electron chi connectivity index (χ3n) is 4.75. The van der Waals surface area contributed by atoms with Crippen LogP contribution in [0, 0.1) is 0 Å². The van der Waals surface area contributed by atoms with Gasteiger partial charge in [0.25, 0.3) is 15.9 Å². The Morgan fingerprint density at radius 1 is 0.939 bits per heavy atom. The number of amides is 1. The molecule has 0 saturated heterocycles. The maximum absolute atomic E-state index is 12.9. The van der Waals surface area contributed by atoms with E-state index >= 15 is 0 Å². The predicted molar refractivity (Wildman–Crippen MR) is 129 cm³/mol. The third kappa shape index (κ3) is 6.10. The van der Waals surface area contributed by atoms with Crippen LogP contribution in [-0.4, -0.2) is 35.1 Å². The Kier molecular flexibility index (Phi) is 8.07. The van der Waals surface area contributed by atoms with Gasteiger partial charge in [-0.15, -0.1) is 0 Å². The second-order valence-corrected chi connectivity index (χ2v) is 9.42. The maximum Gasteiger partial charge on any atom is 0.263 e. The van der Waals surface area contributed by atoms with Gasteiger partial charge in [-0.2, -0.15) is 0 Å². The first-order valence-electron chi connectivity index (χ1n) is 9.81. The first-order chi connectivity index (χ1) is 15.7. The number of anilines is 1. The van der Waals surface area contributed by atoms with Crippen molar-refractivity contribution in [3.05, 3.63) is 81.8 Å². The summed E-state index contributed by atoms with van der Waals surface area (Å²) >= 11 is 12.0. The van der Waals surface area contributed by atoms with Crippen molar-refractivity contribution < 1.29 is 22.7 Å². The van der Waals surface area contributed by atoms with E-state index in [1.165, 1.54) is 30.3 Å². The van der Waals surface area contributed by atoms with E-state index in [1.54, 1.807) is 32.4 Å². The van der Waals surface area contributed by atoms with Gasteiger partial charge in [0.15, 0.2) is 11.5 Å². The zero-order chi connectivity index (χ0) is 24.0. The monoisotopic (exact) mass is 508 g/mol. The molecule has 0 saturated carbocycles. The van der Waals surface area contributed by atoms with Crippen LogP contribution in [0.25, 0.3) is 0 Å². The molecule has 0 spiro atoms. The van der Waals surface area contributed by atoms with Crippen LogP contribution in [0.3, 0.4) is 0 Å². The molecule has 3 rings (SSSR count). The zero-order valence-corrected chi connectivity index (χ0v) is 20.2. The summed E-state index contributed by atoms with van der Waals surface area (Å²) in [6.07, 6.45) is 0.540. The number of hydrogen-bond acceptors (Lipinski definition) is 5. The Morgan fingerprint density at radius 2 is 1.67 bits per heavy atom. The molecule has 33 heavy (non-hydrogen) atoms. The van der Waals surface area contributed by atoms with Gasteiger partial charge in [-0.3, -0.25) is 9.52 Å². The highest BCUT2D eigenvalue weighted by Gasteiger charge is 2.21. The van der Waals surface area contributed by atoms with Crippen molar-refractivity contribution in [3.8, 4) is 11.5 Å². The number of carbonyl (C=O) groups excluding carboxylic acids is 1. The highest BCUT2D eigenvalue weighted by molar-refractivity contribution is 7.92. The van der Waals surface area contributed by atoms with E-state index in [-0.39, 0.29) is 26.2 Å². The van der Waals surface area contributed by atoms with Crippen molar-refractivity contribution in [2.75, 3.05) is 25.5 Å². The molecule has 3 aromatic rings. The number of nitrogens with one attached hydrogen (secondary N) is 2. The molecule has 0 aromatic heterocycles. The van der Waals surface area contributed by atoms with E-state index < -0.39 is 15.9 Å². The summed E-state index contributed by atoms with van der Waals surface area (Å²) in [5, 5.41) is 3.05. The van der Waals surface area contributed by atoms with Gasteiger partial charge in [-0.05, 0) is 54.4 Å². The van der Waals surface area contributed by atoms with Crippen LogP contribution in [0.1, 0.15) is 15.9 Å². The molecule has 0 radical (unpaired) electrons. The van der Waals surface area contributed by atoms with E-state index in [1.807, 2.05) is 12.1 Å². The highest BCUT2D eigenvalue weighted by atomic mass is 35.5. The molecule has 0 heterocycles. The number of ether oxygens (including phenoxy) is 2. The maximum atomic E-state index is 12.9. The molecule has 3 aromatic carbocycles. The van der Waals surface area contributed by atoms with Crippen molar-refractivity contribution in [3.63, 3.8) is 0 Å². The smallest absolute Gasteiger partial charge is 0.263 e. The van der Waals surface area contributed by atoms with Crippen molar-refractivity contribution in [2.45, 2.75) is 11.3 Å². The van der Waals surface area contributed by atoms with Crippen LogP contribution < -0.4 is 19.5 Å². The lowest BCUT2D eigenvalue weighted by atomic mass is 10.1. The largest absolute Gasteiger partial charge is 0.493 e. The molecule has 0 fully saturated rings. The van der Waals surface area contributed by atoms with Gasteiger partial charge in [0.2, 0.25) is 0 Å². The second kappa shape index (κ2) is 10.8. The van der Waals surface area contributed by atoms with E-state index in [0.717, 1.165) is 5.56 Å².